The Morgan fingerprint density at radius 2 is 1.06 bits per heavy atom. The molecule has 2 aromatic heterocycles. The Morgan fingerprint density at radius 1 is 0.431 bits per heavy atom. The second-order valence-corrected chi connectivity index (χ2v) is 12.8. The molecular formula is C47H31N3O. The Labute approximate surface area is 295 Å². The van der Waals surface area contributed by atoms with E-state index in [1.807, 2.05) is 36.4 Å². The molecule has 240 valence electrons. The van der Waals surface area contributed by atoms with Crippen LogP contribution >= 0.6 is 0 Å². The van der Waals surface area contributed by atoms with E-state index in [0.29, 0.717) is 5.89 Å². The monoisotopic (exact) mass is 653 g/mol. The lowest BCUT2D eigenvalue weighted by molar-refractivity contribution is 0.620. The number of oxazole rings is 1. The van der Waals surface area contributed by atoms with Gasteiger partial charge in [-0.15, -0.1) is 0 Å². The first-order chi connectivity index (χ1) is 25.3. The number of benzene rings is 8. The Hall–Kier alpha value is -6.91. The van der Waals surface area contributed by atoms with Crippen LogP contribution in [0, 0.1) is 0 Å². The molecule has 0 spiro atoms. The summed E-state index contributed by atoms with van der Waals surface area (Å²) in [5, 5.41) is 4.60. The molecule has 0 aliphatic heterocycles. The summed E-state index contributed by atoms with van der Waals surface area (Å²) in [6.45, 7) is 0. The molecule has 10 aromatic rings. The van der Waals surface area contributed by atoms with Gasteiger partial charge in [0.15, 0.2) is 5.58 Å². The van der Waals surface area contributed by atoms with Gasteiger partial charge in [0.05, 0.1) is 11.0 Å². The van der Waals surface area contributed by atoms with Crippen LogP contribution in [0.25, 0.3) is 71.9 Å². The molecule has 0 aliphatic carbocycles. The first-order valence-corrected chi connectivity index (χ1v) is 17.2. The summed E-state index contributed by atoms with van der Waals surface area (Å²) in [4.78, 5) is 7.39. The fourth-order valence-corrected chi connectivity index (χ4v) is 7.40. The molecule has 0 radical (unpaired) electrons. The van der Waals surface area contributed by atoms with Gasteiger partial charge < -0.3 is 13.9 Å². The minimum atomic E-state index is 0.620. The first-order valence-electron chi connectivity index (χ1n) is 17.2. The van der Waals surface area contributed by atoms with E-state index in [-0.39, 0.29) is 0 Å². The largest absolute Gasteiger partial charge is 0.436 e. The predicted octanol–water partition coefficient (Wildman–Crippen LogP) is 12.9. The van der Waals surface area contributed by atoms with E-state index < -0.39 is 0 Å². The van der Waals surface area contributed by atoms with Gasteiger partial charge in [-0.05, 0) is 89.3 Å². The predicted molar refractivity (Wildman–Crippen MR) is 211 cm³/mol. The van der Waals surface area contributed by atoms with Gasteiger partial charge in [-0.25, -0.2) is 4.98 Å². The van der Waals surface area contributed by atoms with Crippen molar-refractivity contribution in [1.82, 2.24) is 9.55 Å². The van der Waals surface area contributed by atoms with Gasteiger partial charge in [0.2, 0.25) is 5.89 Å². The van der Waals surface area contributed by atoms with Gasteiger partial charge >= 0.3 is 0 Å². The summed E-state index contributed by atoms with van der Waals surface area (Å²) in [5.74, 6) is 0.620. The Morgan fingerprint density at radius 3 is 1.88 bits per heavy atom. The van der Waals surface area contributed by atoms with Crippen molar-refractivity contribution in [3.63, 3.8) is 0 Å². The van der Waals surface area contributed by atoms with Gasteiger partial charge in [-0.2, -0.15) is 0 Å². The van der Waals surface area contributed by atoms with Crippen LogP contribution in [-0.2, 0) is 0 Å². The molecule has 4 heteroatoms. The maximum Gasteiger partial charge on any atom is 0.227 e. The van der Waals surface area contributed by atoms with Crippen LogP contribution in [0.15, 0.2) is 192 Å². The topological polar surface area (TPSA) is 34.2 Å². The SMILES string of the molecule is c1ccc(-c2cccc(N(c3ccc4ccc5oc(-c6ccccc6)nc5c4c3)c3ccc4c5ccccc5n(-c5ccccc5)c4c3)c2)cc1. The van der Waals surface area contributed by atoms with Crippen LogP contribution in [0.5, 0.6) is 0 Å². The third kappa shape index (κ3) is 4.96. The number of para-hydroxylation sites is 2. The smallest absolute Gasteiger partial charge is 0.227 e. The van der Waals surface area contributed by atoms with Crippen molar-refractivity contribution in [2.24, 2.45) is 0 Å². The van der Waals surface area contributed by atoms with E-state index in [1.165, 1.54) is 21.9 Å². The number of anilines is 3. The van der Waals surface area contributed by atoms with Crippen LogP contribution in [0.2, 0.25) is 0 Å². The quantitative estimate of drug-likeness (QED) is 0.179. The maximum atomic E-state index is 6.30. The third-order valence-corrected chi connectivity index (χ3v) is 9.78. The summed E-state index contributed by atoms with van der Waals surface area (Å²) < 4.78 is 8.67. The molecule has 51 heavy (non-hydrogen) atoms. The molecule has 0 bridgehead atoms. The van der Waals surface area contributed by atoms with Crippen molar-refractivity contribution in [1.29, 1.82) is 0 Å². The van der Waals surface area contributed by atoms with E-state index in [1.54, 1.807) is 0 Å². The van der Waals surface area contributed by atoms with Crippen LogP contribution in [0.4, 0.5) is 17.1 Å². The van der Waals surface area contributed by atoms with E-state index in [4.69, 9.17) is 9.40 Å². The van der Waals surface area contributed by atoms with E-state index in [2.05, 4.69) is 161 Å². The summed E-state index contributed by atoms with van der Waals surface area (Å²) in [6, 6.07) is 66.4. The molecule has 0 amide bonds. The van der Waals surface area contributed by atoms with Gasteiger partial charge in [0.25, 0.3) is 0 Å². The summed E-state index contributed by atoms with van der Waals surface area (Å²) in [7, 11) is 0. The molecule has 0 atom stereocenters. The molecule has 0 unspecified atom stereocenters. The highest BCUT2D eigenvalue weighted by molar-refractivity contribution is 6.11. The van der Waals surface area contributed by atoms with Gasteiger partial charge in [0.1, 0.15) is 5.52 Å². The summed E-state index contributed by atoms with van der Waals surface area (Å²) >= 11 is 0. The number of aromatic nitrogens is 2. The van der Waals surface area contributed by atoms with Crippen molar-refractivity contribution in [2.75, 3.05) is 4.90 Å². The highest BCUT2D eigenvalue weighted by Crippen LogP contribution is 2.42. The van der Waals surface area contributed by atoms with Crippen LogP contribution in [0.3, 0.4) is 0 Å². The minimum absolute atomic E-state index is 0.620. The first kappa shape index (κ1) is 29.0. The fourth-order valence-electron chi connectivity index (χ4n) is 7.40. The zero-order chi connectivity index (χ0) is 33.7. The lowest BCUT2D eigenvalue weighted by Gasteiger charge is -2.27. The number of rotatable bonds is 6. The zero-order valence-corrected chi connectivity index (χ0v) is 27.6. The van der Waals surface area contributed by atoms with Gasteiger partial charge in [-0.3, -0.25) is 0 Å². The van der Waals surface area contributed by atoms with Crippen molar-refractivity contribution in [3.8, 4) is 28.3 Å². The van der Waals surface area contributed by atoms with Crippen LogP contribution in [-0.4, -0.2) is 9.55 Å². The molecule has 0 aliphatic rings. The number of nitrogens with zero attached hydrogens (tertiary/aromatic N) is 3. The maximum absolute atomic E-state index is 6.30. The van der Waals surface area contributed by atoms with Gasteiger partial charge in [-0.1, -0.05) is 115 Å². The molecule has 4 nitrogen and oxygen atoms in total. The average molecular weight is 654 g/mol. The van der Waals surface area contributed by atoms with Crippen molar-refractivity contribution >= 4 is 60.7 Å². The van der Waals surface area contributed by atoms with Gasteiger partial charge in [0, 0.05) is 44.5 Å². The molecule has 0 saturated heterocycles. The molecule has 0 fully saturated rings. The second-order valence-electron chi connectivity index (χ2n) is 12.8. The molecule has 10 rings (SSSR count). The van der Waals surface area contributed by atoms with Crippen LogP contribution < -0.4 is 4.90 Å². The number of hydrogen-bond donors (Lipinski definition) is 0. The third-order valence-electron chi connectivity index (χ3n) is 9.78. The van der Waals surface area contributed by atoms with Crippen molar-refractivity contribution in [2.45, 2.75) is 0 Å². The van der Waals surface area contributed by atoms with E-state index in [9.17, 15) is 0 Å². The van der Waals surface area contributed by atoms with Crippen molar-refractivity contribution < 1.29 is 4.42 Å². The lowest BCUT2D eigenvalue weighted by atomic mass is 10.0. The summed E-state index contributed by atoms with van der Waals surface area (Å²) in [6.07, 6.45) is 0. The lowest BCUT2D eigenvalue weighted by Crippen LogP contribution is -2.10. The Balaban J connectivity index is 1.21. The zero-order valence-electron chi connectivity index (χ0n) is 27.6. The van der Waals surface area contributed by atoms with E-state index in [0.717, 1.165) is 61.3 Å². The standard InChI is InChI=1S/C47H31N3O/c1-4-13-32(14-5-1)35-17-12-20-37(29-35)49(38-25-23-33-24-28-45-46(42(33)30-38)48-47(51-45)34-15-6-2-7-16-34)39-26-27-41-40-21-10-11-22-43(40)50(44(41)31-39)36-18-8-3-9-19-36/h1-31H. The molecule has 8 aromatic carbocycles. The van der Waals surface area contributed by atoms with Crippen molar-refractivity contribution in [3.05, 3.63) is 188 Å². The second kappa shape index (κ2) is 11.9. The highest BCUT2D eigenvalue weighted by atomic mass is 16.3. The molecule has 2 heterocycles. The molecule has 0 N–H and O–H groups in total. The average Bonchev–Trinajstić information content (AvgIpc) is 3.79. The minimum Gasteiger partial charge on any atom is -0.436 e. The van der Waals surface area contributed by atoms with Crippen LogP contribution in [0.1, 0.15) is 0 Å². The Bertz CT molecular complexity index is 2850. The number of fused-ring (bicyclic) bond motifs is 6. The molecular weight excluding hydrogens is 623 g/mol. The van der Waals surface area contributed by atoms with E-state index >= 15 is 0 Å². The Kier molecular flexibility index (Phi) is 6.78. The fraction of sp³-hybridized carbons (Fsp3) is 0. The molecule has 0 saturated carbocycles. The highest BCUT2D eigenvalue weighted by Gasteiger charge is 2.19. The summed E-state index contributed by atoms with van der Waals surface area (Å²) in [5.41, 5.74) is 11.5. The number of hydrogen-bond acceptors (Lipinski definition) is 3. The normalized spacial score (nSPS) is 11.5.